The van der Waals surface area contributed by atoms with Gasteiger partial charge in [-0.1, -0.05) is 48.2 Å². The van der Waals surface area contributed by atoms with E-state index in [1.54, 1.807) is 18.3 Å². The number of thiocarbonyl (C=S) groups is 1. The fraction of sp³-hybridized carbons (Fsp3) is 0.308. The van der Waals surface area contributed by atoms with E-state index in [1.807, 2.05) is 31.2 Å². The van der Waals surface area contributed by atoms with Gasteiger partial charge in [-0.15, -0.1) is 0 Å². The molecule has 2 saturated heterocycles. The van der Waals surface area contributed by atoms with Crippen LogP contribution in [0.15, 0.2) is 52.3 Å². The summed E-state index contributed by atoms with van der Waals surface area (Å²) in [6.45, 7) is 2.60. The molecule has 190 valence electrons. The van der Waals surface area contributed by atoms with E-state index in [-0.39, 0.29) is 23.0 Å². The summed E-state index contributed by atoms with van der Waals surface area (Å²) in [7, 11) is -3.19. The summed E-state index contributed by atoms with van der Waals surface area (Å²) in [5, 5.41) is 0. The Balaban J connectivity index is 1.51. The Bertz CT molecular complexity index is 1680. The molecule has 0 radical (unpaired) electrons. The van der Waals surface area contributed by atoms with Crippen molar-refractivity contribution in [2.45, 2.75) is 32.2 Å². The summed E-state index contributed by atoms with van der Waals surface area (Å²) in [6.07, 6.45) is 5.47. The largest absolute Gasteiger partial charge is 0.325 e. The highest BCUT2D eigenvalue weighted by molar-refractivity contribution is 8.26. The van der Waals surface area contributed by atoms with E-state index >= 15 is 0 Å². The minimum Gasteiger partial charge on any atom is -0.325 e. The van der Waals surface area contributed by atoms with Crippen LogP contribution in [0.25, 0.3) is 11.7 Å². The highest BCUT2D eigenvalue weighted by Gasteiger charge is 2.42. The van der Waals surface area contributed by atoms with Gasteiger partial charge in [0.1, 0.15) is 15.8 Å². The zero-order valence-electron chi connectivity index (χ0n) is 20.1. The molecule has 0 N–H and O–H groups in total. The number of aromatic nitrogens is 2. The number of anilines is 2. The summed E-state index contributed by atoms with van der Waals surface area (Å²) >= 11 is 6.58. The van der Waals surface area contributed by atoms with Crippen molar-refractivity contribution in [1.82, 2.24) is 14.3 Å². The predicted octanol–water partition coefficient (Wildman–Crippen LogP) is 3.48. The maximum atomic E-state index is 13.9. The lowest BCUT2D eigenvalue weighted by Gasteiger charge is -2.31. The second-order valence-electron chi connectivity index (χ2n) is 9.53. The molecule has 3 aliphatic rings. The number of carbonyl (C=O) groups excluding carboxylic acids is 1. The van der Waals surface area contributed by atoms with E-state index in [1.165, 1.54) is 14.9 Å². The Kier molecular flexibility index (Phi) is 5.96. The second kappa shape index (κ2) is 9.07. The summed E-state index contributed by atoms with van der Waals surface area (Å²) in [5.74, 6) is 0.0832. The van der Waals surface area contributed by atoms with Crippen LogP contribution < -0.4 is 10.5 Å². The van der Waals surface area contributed by atoms with Crippen LogP contribution in [0.5, 0.6) is 0 Å². The molecule has 2 aromatic heterocycles. The zero-order chi connectivity index (χ0) is 25.9. The van der Waals surface area contributed by atoms with Gasteiger partial charge in [0.15, 0.2) is 9.84 Å². The fourth-order valence-corrected chi connectivity index (χ4v) is 8.37. The van der Waals surface area contributed by atoms with Gasteiger partial charge in [-0.25, -0.2) is 13.4 Å². The van der Waals surface area contributed by atoms with Crippen molar-refractivity contribution in [1.29, 1.82) is 0 Å². The average Bonchev–Trinajstić information content (AvgIpc) is 3.37. The molecule has 8 nitrogen and oxygen atoms in total. The topological polar surface area (TPSA) is 92.1 Å². The molecule has 3 aromatic rings. The van der Waals surface area contributed by atoms with E-state index < -0.39 is 15.9 Å². The van der Waals surface area contributed by atoms with Gasteiger partial charge in [0.2, 0.25) is 0 Å². The first-order valence-electron chi connectivity index (χ1n) is 12.1. The number of sulfone groups is 1. The molecule has 37 heavy (non-hydrogen) atoms. The van der Waals surface area contributed by atoms with E-state index in [4.69, 9.17) is 17.2 Å². The monoisotopic (exact) mass is 552 g/mol. The van der Waals surface area contributed by atoms with Gasteiger partial charge < -0.3 is 4.90 Å². The number of nitrogens with zero attached hydrogens (tertiary/aromatic N) is 4. The van der Waals surface area contributed by atoms with E-state index in [0.29, 0.717) is 39.2 Å². The van der Waals surface area contributed by atoms with Gasteiger partial charge in [-0.05, 0) is 55.5 Å². The van der Waals surface area contributed by atoms with Crippen LogP contribution in [0.1, 0.15) is 29.5 Å². The Morgan fingerprint density at radius 1 is 1.16 bits per heavy atom. The summed E-state index contributed by atoms with van der Waals surface area (Å²) in [5.41, 5.74) is 3.63. The normalized spacial score (nSPS) is 22.3. The zero-order valence-corrected chi connectivity index (χ0v) is 22.5. The molecule has 1 aromatic carbocycles. The Labute approximate surface area is 223 Å². The number of para-hydroxylation sites is 1. The molecule has 6 rings (SSSR count). The maximum Gasteiger partial charge on any atom is 0.267 e. The number of hydrogen-bond acceptors (Lipinski definition) is 8. The van der Waals surface area contributed by atoms with Crippen molar-refractivity contribution in [3.63, 3.8) is 0 Å². The third kappa shape index (κ3) is 4.18. The minimum absolute atomic E-state index is 0.0432. The molecule has 11 heteroatoms. The molecule has 1 amide bonds. The summed E-state index contributed by atoms with van der Waals surface area (Å²) in [4.78, 5) is 36.0. The van der Waals surface area contributed by atoms with Crippen LogP contribution in [-0.2, 0) is 21.1 Å². The molecule has 2 fully saturated rings. The van der Waals surface area contributed by atoms with Gasteiger partial charge in [-0.3, -0.25) is 18.9 Å². The van der Waals surface area contributed by atoms with Crippen LogP contribution in [-0.4, -0.2) is 57.0 Å². The van der Waals surface area contributed by atoms with E-state index in [9.17, 15) is 18.0 Å². The lowest BCUT2D eigenvalue weighted by molar-refractivity contribution is -0.123. The van der Waals surface area contributed by atoms with Gasteiger partial charge in [0, 0.05) is 18.4 Å². The van der Waals surface area contributed by atoms with E-state index in [2.05, 4.69) is 11.0 Å². The van der Waals surface area contributed by atoms with Crippen molar-refractivity contribution >= 4 is 67.3 Å². The number of rotatable bonds is 3. The molecule has 5 heterocycles. The number of carbonyl (C=O) groups is 1. The van der Waals surface area contributed by atoms with Gasteiger partial charge in [0.05, 0.1) is 28.0 Å². The Morgan fingerprint density at radius 2 is 1.97 bits per heavy atom. The minimum atomic E-state index is -3.19. The quantitative estimate of drug-likeness (QED) is 0.360. The molecule has 0 spiro atoms. The average molecular weight is 553 g/mol. The fourth-order valence-electron chi connectivity index (χ4n) is 5.29. The lowest BCUT2D eigenvalue weighted by Crippen LogP contribution is -2.39. The highest BCUT2D eigenvalue weighted by Crippen LogP contribution is 2.39. The molecule has 3 aliphatic heterocycles. The number of benzene rings is 1. The highest BCUT2D eigenvalue weighted by atomic mass is 32.2. The van der Waals surface area contributed by atoms with Crippen molar-refractivity contribution in [3.05, 3.63) is 74.5 Å². The lowest BCUT2D eigenvalue weighted by atomic mass is 10.0. The first kappa shape index (κ1) is 24.3. The van der Waals surface area contributed by atoms with Crippen molar-refractivity contribution in [2.24, 2.45) is 0 Å². The van der Waals surface area contributed by atoms with Crippen molar-refractivity contribution in [3.8, 4) is 0 Å². The second-order valence-corrected chi connectivity index (χ2v) is 13.4. The van der Waals surface area contributed by atoms with Crippen molar-refractivity contribution < 1.29 is 13.2 Å². The van der Waals surface area contributed by atoms with Gasteiger partial charge >= 0.3 is 0 Å². The standard InChI is InChI=1S/C26H24N4O4S3/c1-16-6-4-12-29-22(16)27-23(28-11-5-8-17-7-2-3-9-20(17)28)19(24(29)31)14-21-25(32)30(26(35)36-21)18-10-13-37(33,34)15-18/h2-4,6-7,9,12,14,18H,5,8,10-11,13,15H2,1H3. The van der Waals surface area contributed by atoms with Gasteiger partial charge in [0.25, 0.3) is 11.5 Å². The number of amides is 1. The molecule has 0 aliphatic carbocycles. The Morgan fingerprint density at radius 3 is 2.76 bits per heavy atom. The number of thioether (sulfide) groups is 1. The van der Waals surface area contributed by atoms with Crippen LogP contribution >= 0.6 is 24.0 Å². The third-order valence-corrected chi connectivity index (χ3v) is 10.2. The Hall–Kier alpha value is -3.02. The van der Waals surface area contributed by atoms with Crippen LogP contribution in [0, 0.1) is 6.92 Å². The number of aryl methyl sites for hydroxylation is 2. The first-order chi connectivity index (χ1) is 17.7. The number of hydrogen-bond donors (Lipinski definition) is 0. The molecule has 0 bridgehead atoms. The van der Waals surface area contributed by atoms with Gasteiger partial charge in [-0.2, -0.15) is 0 Å². The smallest absolute Gasteiger partial charge is 0.267 e. The molecule has 1 unspecified atom stereocenters. The van der Waals surface area contributed by atoms with Crippen LogP contribution in [0.4, 0.5) is 11.5 Å². The third-order valence-electron chi connectivity index (χ3n) is 7.10. The SMILES string of the molecule is Cc1cccn2c(=O)c(C=C3SC(=S)N(C4CCS(=O)(=O)C4)C3=O)c(N3CCCc4ccccc43)nc12. The van der Waals surface area contributed by atoms with Crippen molar-refractivity contribution in [2.75, 3.05) is 23.0 Å². The summed E-state index contributed by atoms with van der Waals surface area (Å²) in [6, 6.07) is 11.3. The molecule has 0 saturated carbocycles. The molecule has 1 atom stereocenters. The van der Waals surface area contributed by atoms with Crippen LogP contribution in [0.3, 0.4) is 0 Å². The first-order valence-corrected chi connectivity index (χ1v) is 15.1. The number of pyridine rings is 1. The van der Waals surface area contributed by atoms with Crippen LogP contribution in [0.2, 0.25) is 0 Å². The summed E-state index contributed by atoms with van der Waals surface area (Å²) < 4.78 is 25.9. The molecular formula is C26H24N4O4S3. The van der Waals surface area contributed by atoms with E-state index in [0.717, 1.165) is 35.9 Å². The maximum absolute atomic E-state index is 13.9. The predicted molar refractivity (Wildman–Crippen MR) is 150 cm³/mol. The number of fused-ring (bicyclic) bond motifs is 2. The molecular weight excluding hydrogens is 529 g/mol.